The molecule has 0 saturated carbocycles. The van der Waals surface area contributed by atoms with Crippen molar-refractivity contribution in [3.8, 4) is 0 Å². The molecule has 0 aromatic rings. The van der Waals surface area contributed by atoms with Gasteiger partial charge in [0.15, 0.2) is 0 Å². The summed E-state index contributed by atoms with van der Waals surface area (Å²) in [5.41, 5.74) is 1.95. The zero-order valence-corrected chi connectivity index (χ0v) is 10.1. The zero-order chi connectivity index (χ0) is 11.5. The number of carbonyl (C=O) groups is 1. The van der Waals surface area contributed by atoms with E-state index in [0.717, 1.165) is 25.9 Å². The first-order valence-electron chi connectivity index (χ1n) is 5.53. The first-order valence-corrected chi connectivity index (χ1v) is 5.53. The van der Waals surface area contributed by atoms with Gasteiger partial charge >= 0.3 is 0 Å². The normalized spacial score (nSPS) is 21.1. The van der Waals surface area contributed by atoms with E-state index in [2.05, 4.69) is 10.8 Å². The van der Waals surface area contributed by atoms with Gasteiger partial charge in [-0.25, -0.2) is 5.48 Å². The molecular weight excluding hydrogens is 192 g/mol. The molecular formula is C11H22N2O2. The third kappa shape index (κ3) is 3.80. The molecule has 15 heavy (non-hydrogen) atoms. The molecule has 88 valence electrons. The number of hydrogen-bond acceptors (Lipinski definition) is 3. The van der Waals surface area contributed by atoms with Gasteiger partial charge in [-0.3, -0.25) is 9.63 Å². The van der Waals surface area contributed by atoms with Crippen LogP contribution < -0.4 is 10.8 Å². The summed E-state index contributed by atoms with van der Waals surface area (Å²) in [6.45, 7) is 9.54. The molecule has 1 saturated heterocycles. The Hall–Kier alpha value is -0.610. The van der Waals surface area contributed by atoms with Crippen molar-refractivity contribution in [2.75, 3.05) is 13.1 Å². The molecule has 0 atom stereocenters. The van der Waals surface area contributed by atoms with Gasteiger partial charge in [0.2, 0.25) is 5.91 Å². The maximum absolute atomic E-state index is 11.9. The van der Waals surface area contributed by atoms with Gasteiger partial charge in [-0.15, -0.1) is 0 Å². The average Bonchev–Trinajstić information content (AvgIpc) is 2.14. The van der Waals surface area contributed by atoms with Crippen molar-refractivity contribution in [2.45, 2.75) is 46.1 Å². The Labute approximate surface area is 91.7 Å². The standard InChI is InChI=1S/C11H22N2O2/c1-10(2,3)15-13-9(14)11(4)5-7-12-8-6-11/h12H,5-8H2,1-4H3,(H,13,14). The van der Waals surface area contributed by atoms with Crippen molar-refractivity contribution >= 4 is 5.91 Å². The van der Waals surface area contributed by atoms with Gasteiger partial charge in [0.05, 0.1) is 11.0 Å². The minimum Gasteiger partial charge on any atom is -0.317 e. The largest absolute Gasteiger partial charge is 0.317 e. The fraction of sp³-hybridized carbons (Fsp3) is 0.909. The Morgan fingerprint density at radius 1 is 1.33 bits per heavy atom. The van der Waals surface area contributed by atoms with Gasteiger partial charge < -0.3 is 5.32 Å². The van der Waals surface area contributed by atoms with E-state index in [0.29, 0.717) is 0 Å². The topological polar surface area (TPSA) is 50.4 Å². The van der Waals surface area contributed by atoms with Crippen LogP contribution in [0, 0.1) is 5.41 Å². The summed E-state index contributed by atoms with van der Waals surface area (Å²) in [5, 5.41) is 3.25. The SMILES string of the molecule is CC(C)(C)ONC(=O)C1(C)CCNCC1. The van der Waals surface area contributed by atoms with Crippen molar-refractivity contribution in [1.82, 2.24) is 10.8 Å². The van der Waals surface area contributed by atoms with Crippen LogP contribution in [0.5, 0.6) is 0 Å². The number of carbonyl (C=O) groups excluding carboxylic acids is 1. The Morgan fingerprint density at radius 2 is 1.87 bits per heavy atom. The highest BCUT2D eigenvalue weighted by atomic mass is 16.7. The summed E-state index contributed by atoms with van der Waals surface area (Å²) in [7, 11) is 0. The van der Waals surface area contributed by atoms with Crippen molar-refractivity contribution in [3.63, 3.8) is 0 Å². The number of piperidine rings is 1. The molecule has 0 spiro atoms. The molecule has 4 nitrogen and oxygen atoms in total. The van der Waals surface area contributed by atoms with Crippen LogP contribution in [0.15, 0.2) is 0 Å². The van der Waals surface area contributed by atoms with Gasteiger partial charge in [-0.2, -0.15) is 0 Å². The van der Waals surface area contributed by atoms with Crippen molar-refractivity contribution in [2.24, 2.45) is 5.41 Å². The summed E-state index contributed by atoms with van der Waals surface area (Å²) in [6, 6.07) is 0. The maximum atomic E-state index is 11.9. The van der Waals surface area contributed by atoms with Gasteiger partial charge in [0.1, 0.15) is 0 Å². The number of hydroxylamine groups is 1. The Bertz CT molecular complexity index is 227. The lowest BCUT2D eigenvalue weighted by atomic mass is 9.80. The van der Waals surface area contributed by atoms with E-state index in [-0.39, 0.29) is 16.9 Å². The summed E-state index contributed by atoms with van der Waals surface area (Å²) in [4.78, 5) is 17.2. The van der Waals surface area contributed by atoms with Crippen molar-refractivity contribution in [3.05, 3.63) is 0 Å². The summed E-state index contributed by atoms with van der Waals surface area (Å²) < 4.78 is 0. The molecule has 1 rings (SSSR count). The van der Waals surface area contributed by atoms with Crippen molar-refractivity contribution < 1.29 is 9.63 Å². The second-order valence-electron chi connectivity index (χ2n) is 5.46. The highest BCUT2D eigenvalue weighted by Gasteiger charge is 2.35. The van der Waals surface area contributed by atoms with Gasteiger partial charge in [0.25, 0.3) is 0 Å². The molecule has 1 aliphatic rings. The number of rotatable bonds is 2. The Kier molecular flexibility index (Phi) is 3.73. The Morgan fingerprint density at radius 3 is 2.33 bits per heavy atom. The molecule has 2 N–H and O–H groups in total. The smallest absolute Gasteiger partial charge is 0.249 e. The van der Waals surface area contributed by atoms with Gasteiger partial charge in [0, 0.05) is 0 Å². The number of amides is 1. The summed E-state index contributed by atoms with van der Waals surface area (Å²) >= 11 is 0. The number of nitrogens with one attached hydrogen (secondary N) is 2. The summed E-state index contributed by atoms with van der Waals surface area (Å²) in [5.74, 6) is -0.000995. The third-order valence-corrected chi connectivity index (χ3v) is 2.71. The van der Waals surface area contributed by atoms with E-state index >= 15 is 0 Å². The van der Waals surface area contributed by atoms with Crippen LogP contribution in [0.4, 0.5) is 0 Å². The molecule has 0 aliphatic carbocycles. The predicted molar refractivity (Wildman–Crippen MR) is 59.2 cm³/mol. The number of hydrogen-bond donors (Lipinski definition) is 2. The first kappa shape index (κ1) is 12.5. The summed E-state index contributed by atoms with van der Waals surface area (Å²) in [6.07, 6.45) is 1.73. The van der Waals surface area contributed by atoms with E-state index in [9.17, 15) is 4.79 Å². The zero-order valence-electron chi connectivity index (χ0n) is 10.1. The molecule has 0 bridgehead atoms. The fourth-order valence-electron chi connectivity index (χ4n) is 1.53. The second-order valence-corrected chi connectivity index (χ2v) is 5.46. The lowest BCUT2D eigenvalue weighted by Crippen LogP contribution is -2.47. The first-order chi connectivity index (χ1) is 6.83. The highest BCUT2D eigenvalue weighted by Crippen LogP contribution is 2.28. The van der Waals surface area contributed by atoms with Crippen LogP contribution in [0.1, 0.15) is 40.5 Å². The fourth-order valence-corrected chi connectivity index (χ4v) is 1.53. The molecule has 4 heteroatoms. The van der Waals surface area contributed by atoms with Gasteiger partial charge in [-0.05, 0) is 46.7 Å². The maximum Gasteiger partial charge on any atom is 0.249 e. The van der Waals surface area contributed by atoms with Crippen LogP contribution in [0.2, 0.25) is 0 Å². The quantitative estimate of drug-likeness (QED) is 0.680. The van der Waals surface area contributed by atoms with Crippen LogP contribution in [-0.2, 0) is 9.63 Å². The van der Waals surface area contributed by atoms with Crippen molar-refractivity contribution in [1.29, 1.82) is 0 Å². The van der Waals surface area contributed by atoms with E-state index in [1.54, 1.807) is 0 Å². The minimum absolute atomic E-state index is 0.000995. The van der Waals surface area contributed by atoms with Gasteiger partial charge in [-0.1, -0.05) is 6.92 Å². The van der Waals surface area contributed by atoms with E-state index < -0.39 is 0 Å². The molecule has 0 aromatic carbocycles. The third-order valence-electron chi connectivity index (χ3n) is 2.71. The lowest BCUT2D eigenvalue weighted by molar-refractivity contribution is -0.156. The van der Waals surface area contributed by atoms with E-state index in [1.807, 2.05) is 27.7 Å². The highest BCUT2D eigenvalue weighted by molar-refractivity contribution is 5.81. The molecule has 1 amide bonds. The van der Waals surface area contributed by atoms with Crippen LogP contribution in [-0.4, -0.2) is 24.6 Å². The van der Waals surface area contributed by atoms with Crippen LogP contribution >= 0.6 is 0 Å². The van der Waals surface area contributed by atoms with Crippen LogP contribution in [0.25, 0.3) is 0 Å². The average molecular weight is 214 g/mol. The van der Waals surface area contributed by atoms with Crippen LogP contribution in [0.3, 0.4) is 0 Å². The Balaban J connectivity index is 2.45. The second kappa shape index (κ2) is 4.49. The van der Waals surface area contributed by atoms with E-state index in [1.165, 1.54) is 0 Å². The minimum atomic E-state index is -0.334. The molecule has 0 unspecified atom stereocenters. The lowest BCUT2D eigenvalue weighted by Gasteiger charge is -2.33. The molecule has 1 heterocycles. The van der Waals surface area contributed by atoms with E-state index in [4.69, 9.17) is 4.84 Å². The molecule has 0 aromatic heterocycles. The monoisotopic (exact) mass is 214 g/mol. The predicted octanol–water partition coefficient (Wildman–Crippen LogP) is 1.22. The molecule has 1 fully saturated rings. The molecule has 0 radical (unpaired) electrons. The molecule has 1 aliphatic heterocycles.